The Kier molecular flexibility index (Phi) is 1.29. The molecule has 0 spiro atoms. The van der Waals surface area contributed by atoms with Gasteiger partial charge in [-0.05, 0) is 26.3 Å². The minimum atomic E-state index is 0.396. The molecule has 0 saturated carbocycles. The number of hydrogen-bond donors (Lipinski definition) is 1. The van der Waals surface area contributed by atoms with E-state index in [0.29, 0.717) is 5.66 Å². The molecule has 2 rings (SSSR count). The maximum Gasteiger partial charge on any atom is 0.0847 e. The van der Waals surface area contributed by atoms with Gasteiger partial charge in [-0.15, -0.1) is 0 Å². The van der Waals surface area contributed by atoms with Crippen molar-refractivity contribution in [2.45, 2.75) is 38.4 Å². The fourth-order valence-corrected chi connectivity index (χ4v) is 2.39. The van der Waals surface area contributed by atoms with Crippen LogP contribution in [0.5, 0.6) is 0 Å². The molecular weight excluding hydrogens is 124 g/mol. The Balaban J connectivity index is 1.96. The SMILES string of the molecule is CCNC1(C)C2CCCN21. The van der Waals surface area contributed by atoms with Crippen LogP contribution in [-0.2, 0) is 0 Å². The van der Waals surface area contributed by atoms with E-state index < -0.39 is 0 Å². The third-order valence-electron chi connectivity index (χ3n) is 2.97. The maximum atomic E-state index is 3.52. The molecule has 0 bridgehead atoms. The summed E-state index contributed by atoms with van der Waals surface area (Å²) in [5, 5.41) is 3.52. The van der Waals surface area contributed by atoms with Crippen molar-refractivity contribution in [3.05, 3.63) is 0 Å². The molecule has 2 heteroatoms. The van der Waals surface area contributed by atoms with Gasteiger partial charge in [-0.3, -0.25) is 10.2 Å². The normalized spacial score (nSPS) is 51.0. The summed E-state index contributed by atoms with van der Waals surface area (Å²) in [7, 11) is 0. The monoisotopic (exact) mass is 140 g/mol. The van der Waals surface area contributed by atoms with Gasteiger partial charge in [0.05, 0.1) is 5.66 Å². The molecule has 2 aliphatic heterocycles. The first-order chi connectivity index (χ1) is 4.79. The number of piperidine rings is 1. The van der Waals surface area contributed by atoms with E-state index in [1.54, 1.807) is 0 Å². The summed E-state index contributed by atoms with van der Waals surface area (Å²) in [5.74, 6) is 0. The second kappa shape index (κ2) is 1.95. The molecule has 10 heavy (non-hydrogen) atoms. The van der Waals surface area contributed by atoms with Crippen LogP contribution in [0, 0.1) is 0 Å². The van der Waals surface area contributed by atoms with Crippen LogP contribution in [0.2, 0.25) is 0 Å². The highest BCUT2D eigenvalue weighted by molar-refractivity contribution is 5.14. The van der Waals surface area contributed by atoms with Crippen LogP contribution in [0.1, 0.15) is 26.7 Å². The van der Waals surface area contributed by atoms with Gasteiger partial charge in [-0.1, -0.05) is 6.92 Å². The molecular formula is C8H16N2. The second-order valence-electron chi connectivity index (χ2n) is 3.53. The number of nitrogens with one attached hydrogen (secondary N) is 1. The Labute approximate surface area is 62.6 Å². The lowest BCUT2D eigenvalue weighted by Gasteiger charge is -2.14. The minimum absolute atomic E-state index is 0.396. The predicted molar refractivity (Wildman–Crippen MR) is 41.8 cm³/mol. The summed E-state index contributed by atoms with van der Waals surface area (Å²) >= 11 is 0. The molecule has 0 aromatic rings. The molecule has 2 heterocycles. The third kappa shape index (κ3) is 0.663. The topological polar surface area (TPSA) is 15.0 Å². The number of likely N-dealkylation sites (N-methyl/N-ethyl adjacent to an activating group) is 1. The van der Waals surface area contributed by atoms with Crippen LogP contribution in [-0.4, -0.2) is 29.7 Å². The molecule has 0 aromatic heterocycles. The van der Waals surface area contributed by atoms with E-state index in [-0.39, 0.29) is 0 Å². The maximum absolute atomic E-state index is 3.52. The van der Waals surface area contributed by atoms with Crippen LogP contribution in [0.25, 0.3) is 0 Å². The van der Waals surface area contributed by atoms with Crippen molar-refractivity contribution in [3.8, 4) is 0 Å². The molecule has 58 valence electrons. The Morgan fingerprint density at radius 3 is 3.00 bits per heavy atom. The molecule has 0 aromatic carbocycles. The molecule has 2 aliphatic rings. The van der Waals surface area contributed by atoms with E-state index >= 15 is 0 Å². The highest BCUT2D eigenvalue weighted by atomic mass is 15.5. The molecule has 0 amide bonds. The summed E-state index contributed by atoms with van der Waals surface area (Å²) < 4.78 is 0. The Morgan fingerprint density at radius 2 is 2.50 bits per heavy atom. The third-order valence-corrected chi connectivity index (χ3v) is 2.97. The van der Waals surface area contributed by atoms with Gasteiger partial charge >= 0.3 is 0 Å². The van der Waals surface area contributed by atoms with Crippen molar-refractivity contribution >= 4 is 0 Å². The van der Waals surface area contributed by atoms with E-state index in [1.807, 2.05) is 0 Å². The van der Waals surface area contributed by atoms with Crippen LogP contribution in [0.15, 0.2) is 0 Å². The number of nitrogens with zero attached hydrogens (tertiary/aromatic N) is 1. The van der Waals surface area contributed by atoms with Crippen molar-refractivity contribution in [3.63, 3.8) is 0 Å². The lowest BCUT2D eigenvalue weighted by atomic mass is 10.1. The first kappa shape index (κ1) is 6.62. The van der Waals surface area contributed by atoms with Gasteiger partial charge in [0, 0.05) is 12.6 Å². The predicted octanol–water partition coefficient (Wildman–Crippen LogP) is 0.790. The molecule has 2 saturated heterocycles. The van der Waals surface area contributed by atoms with Crippen molar-refractivity contribution in [2.24, 2.45) is 0 Å². The van der Waals surface area contributed by atoms with Crippen LogP contribution in [0.4, 0.5) is 0 Å². The zero-order valence-corrected chi connectivity index (χ0v) is 6.85. The number of rotatable bonds is 2. The van der Waals surface area contributed by atoms with Crippen LogP contribution >= 0.6 is 0 Å². The smallest absolute Gasteiger partial charge is 0.0847 e. The lowest BCUT2D eigenvalue weighted by molar-refractivity contribution is 0.372. The van der Waals surface area contributed by atoms with E-state index in [0.717, 1.165) is 12.6 Å². The quantitative estimate of drug-likeness (QED) is 0.570. The molecule has 2 fully saturated rings. The fraction of sp³-hybridized carbons (Fsp3) is 1.00. The molecule has 3 atom stereocenters. The summed E-state index contributed by atoms with van der Waals surface area (Å²) in [6.07, 6.45) is 2.81. The first-order valence-corrected chi connectivity index (χ1v) is 4.31. The Morgan fingerprint density at radius 1 is 1.70 bits per heavy atom. The summed E-state index contributed by atoms with van der Waals surface area (Å²) in [6, 6.07) is 0.868. The van der Waals surface area contributed by atoms with E-state index in [4.69, 9.17) is 0 Å². The van der Waals surface area contributed by atoms with E-state index in [1.165, 1.54) is 19.4 Å². The van der Waals surface area contributed by atoms with Gasteiger partial charge in [-0.25, -0.2) is 0 Å². The van der Waals surface area contributed by atoms with E-state index in [9.17, 15) is 0 Å². The molecule has 0 radical (unpaired) electrons. The standard InChI is InChI=1S/C8H16N2/c1-3-9-8(2)7-5-4-6-10(7)8/h7,9H,3-6H2,1-2H3. The average molecular weight is 140 g/mol. The first-order valence-electron chi connectivity index (χ1n) is 4.31. The molecule has 0 aliphatic carbocycles. The number of fused-ring (bicyclic) bond motifs is 1. The van der Waals surface area contributed by atoms with Gasteiger partial charge in [0.15, 0.2) is 0 Å². The lowest BCUT2D eigenvalue weighted by Crippen LogP contribution is -2.36. The Hall–Kier alpha value is -0.0800. The molecule has 1 N–H and O–H groups in total. The Bertz CT molecular complexity index is 134. The largest absolute Gasteiger partial charge is 0.298 e. The van der Waals surface area contributed by atoms with Crippen molar-refractivity contribution in [1.82, 2.24) is 10.2 Å². The zero-order valence-electron chi connectivity index (χ0n) is 6.85. The van der Waals surface area contributed by atoms with E-state index in [2.05, 4.69) is 24.1 Å². The molecule has 3 unspecified atom stereocenters. The van der Waals surface area contributed by atoms with Gasteiger partial charge in [0.25, 0.3) is 0 Å². The minimum Gasteiger partial charge on any atom is -0.298 e. The molecule has 2 nitrogen and oxygen atoms in total. The van der Waals surface area contributed by atoms with Crippen molar-refractivity contribution in [2.75, 3.05) is 13.1 Å². The van der Waals surface area contributed by atoms with Crippen LogP contribution < -0.4 is 5.32 Å². The summed E-state index contributed by atoms with van der Waals surface area (Å²) in [5.41, 5.74) is 0.396. The summed E-state index contributed by atoms with van der Waals surface area (Å²) in [6.45, 7) is 6.92. The van der Waals surface area contributed by atoms with Crippen LogP contribution in [0.3, 0.4) is 0 Å². The van der Waals surface area contributed by atoms with Crippen molar-refractivity contribution < 1.29 is 0 Å². The highest BCUT2D eigenvalue weighted by Crippen LogP contribution is 2.45. The second-order valence-corrected chi connectivity index (χ2v) is 3.53. The zero-order chi connectivity index (χ0) is 7.19. The average Bonchev–Trinajstić information content (AvgIpc) is 2.30. The van der Waals surface area contributed by atoms with Gasteiger partial charge in [-0.2, -0.15) is 0 Å². The van der Waals surface area contributed by atoms with Gasteiger partial charge < -0.3 is 0 Å². The van der Waals surface area contributed by atoms with Crippen molar-refractivity contribution in [1.29, 1.82) is 0 Å². The fourth-order valence-electron chi connectivity index (χ4n) is 2.39. The van der Waals surface area contributed by atoms with Gasteiger partial charge in [0.1, 0.15) is 0 Å². The number of hydrogen-bond acceptors (Lipinski definition) is 2. The summed E-state index contributed by atoms with van der Waals surface area (Å²) in [4.78, 5) is 2.57. The van der Waals surface area contributed by atoms with Gasteiger partial charge in [0.2, 0.25) is 0 Å². The highest BCUT2D eigenvalue weighted by Gasteiger charge is 2.60.